The summed E-state index contributed by atoms with van der Waals surface area (Å²) >= 11 is 0. The molecule has 3 aromatic rings. The van der Waals surface area contributed by atoms with Crippen molar-refractivity contribution in [2.75, 3.05) is 7.11 Å². The van der Waals surface area contributed by atoms with Crippen LogP contribution in [-0.2, 0) is 6.54 Å². The van der Waals surface area contributed by atoms with Gasteiger partial charge in [0.15, 0.2) is 0 Å². The summed E-state index contributed by atoms with van der Waals surface area (Å²) in [6.07, 6.45) is 3.36. The van der Waals surface area contributed by atoms with Crippen LogP contribution < -0.4 is 4.74 Å². The first-order valence-electron chi connectivity index (χ1n) is 6.76. The van der Waals surface area contributed by atoms with Gasteiger partial charge in [-0.1, -0.05) is 12.1 Å². The molecule has 0 amide bonds. The molecular weight excluding hydrogens is 286 g/mol. The van der Waals surface area contributed by atoms with E-state index in [2.05, 4.69) is 5.10 Å². The molecule has 0 saturated carbocycles. The molecule has 2 aromatic carbocycles. The van der Waals surface area contributed by atoms with Crippen molar-refractivity contribution in [2.45, 2.75) is 6.54 Å². The van der Waals surface area contributed by atoms with Gasteiger partial charge in [0.2, 0.25) is 0 Å². The van der Waals surface area contributed by atoms with Crippen LogP contribution in [0.1, 0.15) is 5.56 Å². The number of benzene rings is 2. The van der Waals surface area contributed by atoms with E-state index in [1.54, 1.807) is 24.2 Å². The van der Waals surface area contributed by atoms with Crippen molar-refractivity contribution in [3.05, 3.63) is 72.1 Å². The fourth-order valence-electron chi connectivity index (χ4n) is 2.24. The zero-order valence-electron chi connectivity index (χ0n) is 12.0. The minimum Gasteiger partial charge on any atom is -0.497 e. The maximum Gasteiger partial charge on any atom is 0.126 e. The lowest BCUT2D eigenvalue weighted by atomic mass is 10.1. The van der Waals surface area contributed by atoms with Gasteiger partial charge in [0.05, 0.1) is 19.9 Å². The van der Waals surface area contributed by atoms with Crippen LogP contribution in [0.3, 0.4) is 0 Å². The number of rotatable bonds is 4. The zero-order chi connectivity index (χ0) is 15.5. The van der Waals surface area contributed by atoms with Crippen molar-refractivity contribution in [2.24, 2.45) is 0 Å². The van der Waals surface area contributed by atoms with Gasteiger partial charge in [-0.3, -0.25) is 4.68 Å². The third-order valence-corrected chi connectivity index (χ3v) is 3.33. The molecule has 0 N–H and O–H groups in total. The Labute approximate surface area is 126 Å². The number of ether oxygens (including phenoxy) is 1. The summed E-state index contributed by atoms with van der Waals surface area (Å²) in [4.78, 5) is 0. The van der Waals surface area contributed by atoms with E-state index in [9.17, 15) is 8.78 Å². The summed E-state index contributed by atoms with van der Waals surface area (Å²) < 4.78 is 33.4. The number of nitrogens with zero attached hydrogens (tertiary/aromatic N) is 2. The molecule has 0 atom stereocenters. The normalized spacial score (nSPS) is 10.7. The van der Waals surface area contributed by atoms with Crippen LogP contribution >= 0.6 is 0 Å². The van der Waals surface area contributed by atoms with Crippen LogP contribution in [0.15, 0.2) is 54.9 Å². The fourth-order valence-corrected chi connectivity index (χ4v) is 2.24. The monoisotopic (exact) mass is 300 g/mol. The predicted molar refractivity (Wildman–Crippen MR) is 79.7 cm³/mol. The molecule has 3 rings (SSSR count). The van der Waals surface area contributed by atoms with Crippen molar-refractivity contribution in [3.63, 3.8) is 0 Å². The first-order chi connectivity index (χ1) is 10.6. The van der Waals surface area contributed by atoms with Crippen LogP contribution in [0.25, 0.3) is 11.1 Å². The average Bonchev–Trinajstić information content (AvgIpc) is 2.96. The Hall–Kier alpha value is -2.69. The van der Waals surface area contributed by atoms with Gasteiger partial charge in [-0.05, 0) is 35.4 Å². The fraction of sp³-hybridized carbons (Fsp3) is 0.118. The standard InChI is InChI=1S/C17H14F2N2O/c1-22-17-4-2-12(3-5-17)10-21-11-14(9-20-21)13-6-15(18)8-16(19)7-13/h2-9,11H,10H2,1H3. The summed E-state index contributed by atoms with van der Waals surface area (Å²) in [6, 6.07) is 11.1. The largest absolute Gasteiger partial charge is 0.497 e. The molecule has 1 aromatic heterocycles. The summed E-state index contributed by atoms with van der Waals surface area (Å²) in [5, 5.41) is 4.23. The number of methoxy groups -OCH3 is 1. The molecule has 3 nitrogen and oxygen atoms in total. The molecule has 0 fully saturated rings. The molecule has 0 radical (unpaired) electrons. The molecule has 112 valence electrons. The average molecular weight is 300 g/mol. The highest BCUT2D eigenvalue weighted by atomic mass is 19.1. The summed E-state index contributed by atoms with van der Waals surface area (Å²) in [5.74, 6) is -0.407. The highest BCUT2D eigenvalue weighted by molar-refractivity contribution is 5.61. The first kappa shape index (κ1) is 14.3. The van der Waals surface area contributed by atoms with Crippen molar-refractivity contribution in [3.8, 4) is 16.9 Å². The highest BCUT2D eigenvalue weighted by Gasteiger charge is 2.06. The number of halogens is 2. The number of hydrogen-bond donors (Lipinski definition) is 0. The van der Waals surface area contributed by atoms with Gasteiger partial charge in [0, 0.05) is 17.8 Å². The molecule has 22 heavy (non-hydrogen) atoms. The summed E-state index contributed by atoms with van der Waals surface area (Å²) in [7, 11) is 1.62. The Bertz CT molecular complexity index is 761. The van der Waals surface area contributed by atoms with E-state index in [-0.39, 0.29) is 0 Å². The van der Waals surface area contributed by atoms with E-state index in [1.165, 1.54) is 12.1 Å². The number of hydrogen-bond acceptors (Lipinski definition) is 2. The van der Waals surface area contributed by atoms with Crippen LogP contribution in [0.2, 0.25) is 0 Å². The minimum atomic E-state index is -0.599. The molecule has 5 heteroatoms. The maximum absolute atomic E-state index is 13.3. The first-order valence-corrected chi connectivity index (χ1v) is 6.76. The molecule has 0 aliphatic heterocycles. The maximum atomic E-state index is 13.3. The topological polar surface area (TPSA) is 27.1 Å². The molecular formula is C17H14F2N2O. The molecule has 0 bridgehead atoms. The van der Waals surface area contributed by atoms with E-state index in [0.29, 0.717) is 17.7 Å². The van der Waals surface area contributed by atoms with E-state index in [4.69, 9.17) is 4.74 Å². The van der Waals surface area contributed by atoms with Crippen molar-refractivity contribution >= 4 is 0 Å². The molecule has 0 spiro atoms. The quantitative estimate of drug-likeness (QED) is 0.731. The van der Waals surface area contributed by atoms with Gasteiger partial charge in [-0.2, -0.15) is 5.10 Å². The molecule has 0 unspecified atom stereocenters. The highest BCUT2D eigenvalue weighted by Crippen LogP contribution is 2.21. The van der Waals surface area contributed by atoms with Crippen LogP contribution in [0.4, 0.5) is 8.78 Å². The van der Waals surface area contributed by atoms with Crippen LogP contribution in [0, 0.1) is 11.6 Å². The lowest BCUT2D eigenvalue weighted by molar-refractivity contribution is 0.414. The van der Waals surface area contributed by atoms with Gasteiger partial charge in [0.1, 0.15) is 17.4 Å². The van der Waals surface area contributed by atoms with E-state index in [1.807, 2.05) is 24.3 Å². The van der Waals surface area contributed by atoms with Gasteiger partial charge in [0.25, 0.3) is 0 Å². The lowest BCUT2D eigenvalue weighted by Gasteiger charge is -2.04. The van der Waals surface area contributed by atoms with Gasteiger partial charge >= 0.3 is 0 Å². The Kier molecular flexibility index (Phi) is 3.87. The van der Waals surface area contributed by atoms with Crippen molar-refractivity contribution in [1.29, 1.82) is 0 Å². The van der Waals surface area contributed by atoms with E-state index >= 15 is 0 Å². The second kappa shape index (κ2) is 5.97. The molecule has 1 heterocycles. The lowest BCUT2D eigenvalue weighted by Crippen LogP contribution is -1.99. The van der Waals surface area contributed by atoms with Gasteiger partial charge in [-0.25, -0.2) is 8.78 Å². The van der Waals surface area contributed by atoms with Crippen molar-refractivity contribution < 1.29 is 13.5 Å². The van der Waals surface area contributed by atoms with Crippen LogP contribution in [-0.4, -0.2) is 16.9 Å². The second-order valence-electron chi connectivity index (χ2n) is 4.93. The number of aromatic nitrogens is 2. The minimum absolute atomic E-state index is 0.471. The SMILES string of the molecule is COc1ccc(Cn2cc(-c3cc(F)cc(F)c3)cn2)cc1. The molecule has 0 saturated heterocycles. The Morgan fingerprint density at radius 2 is 1.68 bits per heavy atom. The summed E-state index contributed by atoms with van der Waals surface area (Å²) in [5.41, 5.74) is 2.20. The predicted octanol–water partition coefficient (Wildman–Crippen LogP) is 3.89. The van der Waals surface area contributed by atoms with E-state index < -0.39 is 11.6 Å². The molecule has 0 aliphatic rings. The summed E-state index contributed by atoms with van der Waals surface area (Å²) in [6.45, 7) is 0.571. The Balaban J connectivity index is 1.80. The van der Waals surface area contributed by atoms with Crippen molar-refractivity contribution in [1.82, 2.24) is 9.78 Å². The smallest absolute Gasteiger partial charge is 0.126 e. The third kappa shape index (κ3) is 3.14. The zero-order valence-corrected chi connectivity index (χ0v) is 12.0. The van der Waals surface area contributed by atoms with Crippen LogP contribution in [0.5, 0.6) is 5.75 Å². The second-order valence-corrected chi connectivity index (χ2v) is 4.93. The van der Waals surface area contributed by atoms with Gasteiger partial charge < -0.3 is 4.74 Å². The van der Waals surface area contributed by atoms with E-state index in [0.717, 1.165) is 17.4 Å². The van der Waals surface area contributed by atoms with Gasteiger partial charge in [-0.15, -0.1) is 0 Å². The Morgan fingerprint density at radius 1 is 1.00 bits per heavy atom. The Morgan fingerprint density at radius 3 is 2.32 bits per heavy atom. The molecule has 0 aliphatic carbocycles. The third-order valence-electron chi connectivity index (χ3n) is 3.33.